The minimum absolute atomic E-state index is 0.390. The summed E-state index contributed by atoms with van der Waals surface area (Å²) in [5.74, 6) is 1.17. The average molecular weight is 452 g/mol. The van der Waals surface area contributed by atoms with E-state index in [2.05, 4.69) is 98.5 Å². The van der Waals surface area contributed by atoms with Crippen LogP contribution in [0.4, 0.5) is 5.69 Å². The molecule has 106 valence electrons. The standard InChI is InChI=1S/C18H15BrIN/c19-12-9-7-11(8-10-12)17-14-4-1-3-13(14)15-5-2-6-16(20)18(15)21-17/h1-3,5-10,13-14,17,21H,4H2/t13-,14+,17-/m0/s1. The monoisotopic (exact) mass is 451 g/mol. The van der Waals surface area contributed by atoms with Crippen molar-refractivity contribution in [2.24, 2.45) is 5.92 Å². The van der Waals surface area contributed by atoms with Gasteiger partial charge in [-0.2, -0.15) is 0 Å². The summed E-state index contributed by atoms with van der Waals surface area (Å²) in [6, 6.07) is 15.8. The van der Waals surface area contributed by atoms with E-state index >= 15 is 0 Å². The zero-order valence-corrected chi connectivity index (χ0v) is 15.1. The summed E-state index contributed by atoms with van der Waals surface area (Å²) in [5.41, 5.74) is 4.15. The molecule has 0 amide bonds. The Kier molecular flexibility index (Phi) is 3.58. The first-order valence-electron chi connectivity index (χ1n) is 7.21. The second kappa shape index (κ2) is 5.43. The summed E-state index contributed by atoms with van der Waals surface area (Å²) < 4.78 is 2.45. The average Bonchev–Trinajstić information content (AvgIpc) is 2.98. The van der Waals surface area contributed by atoms with Crippen LogP contribution in [0.5, 0.6) is 0 Å². The molecule has 1 heterocycles. The van der Waals surface area contributed by atoms with Gasteiger partial charge >= 0.3 is 0 Å². The van der Waals surface area contributed by atoms with Crippen molar-refractivity contribution in [3.63, 3.8) is 0 Å². The molecular weight excluding hydrogens is 437 g/mol. The second-order valence-electron chi connectivity index (χ2n) is 5.73. The highest BCUT2D eigenvalue weighted by Crippen LogP contribution is 2.50. The minimum Gasteiger partial charge on any atom is -0.377 e. The van der Waals surface area contributed by atoms with Gasteiger partial charge in [-0.05, 0) is 64.3 Å². The molecular formula is C18H15BrIN. The van der Waals surface area contributed by atoms with Crippen LogP contribution >= 0.6 is 38.5 Å². The number of hydrogen-bond donors (Lipinski definition) is 1. The Bertz CT molecular complexity index is 708. The second-order valence-corrected chi connectivity index (χ2v) is 7.81. The molecule has 0 unspecified atom stereocenters. The first kappa shape index (κ1) is 13.8. The van der Waals surface area contributed by atoms with Crippen LogP contribution < -0.4 is 5.32 Å². The van der Waals surface area contributed by atoms with E-state index in [0.29, 0.717) is 17.9 Å². The molecule has 1 nitrogen and oxygen atoms in total. The van der Waals surface area contributed by atoms with Crippen molar-refractivity contribution in [1.82, 2.24) is 0 Å². The topological polar surface area (TPSA) is 12.0 Å². The van der Waals surface area contributed by atoms with E-state index in [0.717, 1.165) is 10.9 Å². The third-order valence-electron chi connectivity index (χ3n) is 4.58. The Morgan fingerprint density at radius 2 is 1.90 bits per heavy atom. The van der Waals surface area contributed by atoms with Gasteiger partial charge in [0, 0.05) is 14.0 Å². The summed E-state index contributed by atoms with van der Waals surface area (Å²) >= 11 is 5.97. The van der Waals surface area contributed by atoms with Crippen molar-refractivity contribution < 1.29 is 0 Å². The molecule has 1 aliphatic carbocycles. The predicted molar refractivity (Wildman–Crippen MR) is 99.7 cm³/mol. The van der Waals surface area contributed by atoms with Crippen LogP contribution in [0.3, 0.4) is 0 Å². The van der Waals surface area contributed by atoms with Crippen molar-refractivity contribution in [1.29, 1.82) is 0 Å². The molecule has 0 bridgehead atoms. The Labute approximate surface area is 147 Å². The first-order valence-corrected chi connectivity index (χ1v) is 9.08. The number of fused-ring (bicyclic) bond motifs is 3. The lowest BCUT2D eigenvalue weighted by atomic mass is 9.77. The predicted octanol–water partition coefficient (Wildman–Crippen LogP) is 5.88. The molecule has 3 heteroatoms. The molecule has 4 rings (SSSR count). The minimum atomic E-state index is 0.390. The number of allylic oxidation sites excluding steroid dienone is 2. The highest BCUT2D eigenvalue weighted by Gasteiger charge is 2.38. The molecule has 1 N–H and O–H groups in total. The van der Waals surface area contributed by atoms with Gasteiger partial charge in [0.15, 0.2) is 0 Å². The van der Waals surface area contributed by atoms with Gasteiger partial charge in [0.25, 0.3) is 0 Å². The molecule has 21 heavy (non-hydrogen) atoms. The number of anilines is 1. The van der Waals surface area contributed by atoms with Crippen LogP contribution in [0.15, 0.2) is 59.1 Å². The molecule has 2 aromatic rings. The van der Waals surface area contributed by atoms with Gasteiger partial charge in [-0.15, -0.1) is 0 Å². The fourth-order valence-corrected chi connectivity index (χ4v) is 4.52. The zero-order chi connectivity index (χ0) is 14.4. The van der Waals surface area contributed by atoms with Gasteiger partial charge in [0.2, 0.25) is 0 Å². The maximum Gasteiger partial charge on any atom is 0.0554 e. The van der Waals surface area contributed by atoms with Crippen molar-refractivity contribution in [2.75, 3.05) is 5.32 Å². The van der Waals surface area contributed by atoms with Crippen molar-refractivity contribution >= 4 is 44.2 Å². The molecule has 0 saturated carbocycles. The van der Waals surface area contributed by atoms with Gasteiger partial charge in [0.05, 0.1) is 11.7 Å². The quantitative estimate of drug-likeness (QED) is 0.421. The Balaban J connectivity index is 1.81. The van der Waals surface area contributed by atoms with Gasteiger partial charge in [0.1, 0.15) is 0 Å². The van der Waals surface area contributed by atoms with Crippen LogP contribution in [0.1, 0.15) is 29.5 Å². The lowest BCUT2D eigenvalue weighted by molar-refractivity contribution is 0.425. The largest absolute Gasteiger partial charge is 0.377 e. The highest BCUT2D eigenvalue weighted by atomic mass is 127. The van der Waals surface area contributed by atoms with E-state index in [1.807, 2.05) is 0 Å². The third-order valence-corrected chi connectivity index (χ3v) is 6.00. The number of halogens is 2. The van der Waals surface area contributed by atoms with Crippen LogP contribution in [0, 0.1) is 9.49 Å². The van der Waals surface area contributed by atoms with E-state index in [-0.39, 0.29) is 0 Å². The Morgan fingerprint density at radius 3 is 2.71 bits per heavy atom. The van der Waals surface area contributed by atoms with E-state index < -0.39 is 0 Å². The van der Waals surface area contributed by atoms with E-state index in [1.165, 1.54) is 20.4 Å². The number of para-hydroxylation sites is 1. The molecule has 0 fully saturated rings. The van der Waals surface area contributed by atoms with Crippen LogP contribution in [0.2, 0.25) is 0 Å². The van der Waals surface area contributed by atoms with Crippen molar-refractivity contribution in [3.05, 3.63) is 73.8 Å². The number of benzene rings is 2. The Morgan fingerprint density at radius 1 is 1.10 bits per heavy atom. The number of rotatable bonds is 1. The maximum absolute atomic E-state index is 3.81. The summed E-state index contributed by atoms with van der Waals surface area (Å²) in [6.45, 7) is 0. The normalized spacial score (nSPS) is 26.1. The van der Waals surface area contributed by atoms with E-state index in [1.54, 1.807) is 0 Å². The molecule has 1 aliphatic heterocycles. The highest BCUT2D eigenvalue weighted by molar-refractivity contribution is 14.1. The maximum atomic E-state index is 3.81. The van der Waals surface area contributed by atoms with E-state index in [4.69, 9.17) is 0 Å². The first-order chi connectivity index (χ1) is 10.2. The van der Waals surface area contributed by atoms with Gasteiger partial charge < -0.3 is 5.32 Å². The summed E-state index contributed by atoms with van der Waals surface area (Å²) in [7, 11) is 0. The number of hydrogen-bond acceptors (Lipinski definition) is 1. The fraction of sp³-hybridized carbons (Fsp3) is 0.222. The lowest BCUT2D eigenvalue weighted by Gasteiger charge is -2.38. The lowest BCUT2D eigenvalue weighted by Crippen LogP contribution is -2.29. The van der Waals surface area contributed by atoms with Crippen molar-refractivity contribution in [2.45, 2.75) is 18.4 Å². The number of nitrogens with one attached hydrogen (secondary N) is 1. The molecule has 2 aliphatic rings. The summed E-state index contributed by atoms with van der Waals surface area (Å²) in [6.07, 6.45) is 5.90. The van der Waals surface area contributed by atoms with Crippen LogP contribution in [-0.2, 0) is 0 Å². The van der Waals surface area contributed by atoms with Crippen LogP contribution in [0.25, 0.3) is 0 Å². The van der Waals surface area contributed by atoms with E-state index in [9.17, 15) is 0 Å². The smallest absolute Gasteiger partial charge is 0.0554 e. The Hall–Kier alpha value is -0.810. The van der Waals surface area contributed by atoms with Crippen molar-refractivity contribution in [3.8, 4) is 0 Å². The third kappa shape index (κ3) is 2.34. The van der Waals surface area contributed by atoms with Gasteiger partial charge in [-0.25, -0.2) is 0 Å². The zero-order valence-electron chi connectivity index (χ0n) is 11.4. The van der Waals surface area contributed by atoms with Crippen LogP contribution in [-0.4, -0.2) is 0 Å². The SMILES string of the molecule is Brc1ccc([C@@H]2Nc3c(I)cccc3[C@H]3C=CC[C@H]32)cc1. The fourth-order valence-electron chi connectivity index (χ4n) is 3.58. The summed E-state index contributed by atoms with van der Waals surface area (Å²) in [4.78, 5) is 0. The van der Waals surface area contributed by atoms with Gasteiger partial charge in [-0.3, -0.25) is 0 Å². The molecule has 0 aromatic heterocycles. The van der Waals surface area contributed by atoms with Gasteiger partial charge in [-0.1, -0.05) is 52.3 Å². The molecule has 2 aromatic carbocycles. The molecule has 0 spiro atoms. The summed E-state index contributed by atoms with van der Waals surface area (Å²) in [5, 5.41) is 3.81. The molecule has 0 saturated heterocycles. The molecule has 3 atom stereocenters. The molecule has 0 radical (unpaired) electrons.